The highest BCUT2D eigenvalue weighted by molar-refractivity contribution is 7.51. The Balaban J connectivity index is 1.64. The van der Waals surface area contributed by atoms with Crippen molar-refractivity contribution in [1.82, 2.24) is 19.5 Å². The molecule has 2 aromatic rings. The summed E-state index contributed by atoms with van der Waals surface area (Å²) in [6.45, 7) is 5.19. The highest BCUT2D eigenvalue weighted by atomic mass is 31.2. The van der Waals surface area contributed by atoms with E-state index in [1.165, 1.54) is 97.0 Å². The van der Waals surface area contributed by atoms with Crippen molar-refractivity contribution in [3.05, 3.63) is 12.2 Å². The molecule has 12 heteroatoms. The van der Waals surface area contributed by atoms with Crippen molar-refractivity contribution in [3.63, 3.8) is 0 Å². The maximum absolute atomic E-state index is 11.2. The molecule has 0 saturated carbocycles. The Labute approximate surface area is 252 Å². The summed E-state index contributed by atoms with van der Waals surface area (Å²) in [6.07, 6.45) is 21.2. The van der Waals surface area contributed by atoms with Crippen LogP contribution in [0.15, 0.2) is 6.33 Å². The van der Waals surface area contributed by atoms with Gasteiger partial charge in [0, 0.05) is 13.7 Å². The van der Waals surface area contributed by atoms with Gasteiger partial charge in [0.1, 0.15) is 18.0 Å². The van der Waals surface area contributed by atoms with Crippen molar-refractivity contribution < 1.29 is 28.6 Å². The smallest absolute Gasteiger partial charge is 0.350 e. The van der Waals surface area contributed by atoms with E-state index in [1.807, 2.05) is 6.92 Å². The summed E-state index contributed by atoms with van der Waals surface area (Å²) in [5.74, 6) is 0.726. The fraction of sp³-hybridized carbons (Fsp3) is 0.833. The van der Waals surface area contributed by atoms with E-state index < -0.39 is 20.0 Å². The van der Waals surface area contributed by atoms with Gasteiger partial charge in [-0.15, -0.1) is 0 Å². The molecule has 2 heterocycles. The average Bonchev–Trinajstić information content (AvgIpc) is 3.36. The summed E-state index contributed by atoms with van der Waals surface area (Å²) in [4.78, 5) is 31.7. The SMILES string of the molecule is CCCCCCCCCCCCCCCCCCOC(C)c1nc(N)c2ncn(C[C@@H](COC)OCP(=O)(O)O)c2n1. The molecule has 2 atom stereocenters. The lowest BCUT2D eigenvalue weighted by atomic mass is 10.0. The number of hydrogen-bond donors (Lipinski definition) is 3. The number of rotatable bonds is 26. The Hall–Kier alpha value is -1.62. The number of methoxy groups -OCH3 is 1. The van der Waals surface area contributed by atoms with E-state index >= 15 is 0 Å². The normalized spacial score (nSPS) is 13.6. The number of aromatic nitrogens is 4. The van der Waals surface area contributed by atoms with Crippen LogP contribution in [-0.2, 0) is 25.3 Å². The van der Waals surface area contributed by atoms with Gasteiger partial charge in [-0.05, 0) is 13.3 Å². The molecule has 11 nitrogen and oxygen atoms in total. The van der Waals surface area contributed by atoms with Crippen LogP contribution >= 0.6 is 7.60 Å². The minimum Gasteiger partial charge on any atom is -0.382 e. The molecule has 0 amide bonds. The summed E-state index contributed by atoms with van der Waals surface area (Å²) in [5.41, 5.74) is 7.13. The van der Waals surface area contributed by atoms with E-state index in [1.54, 1.807) is 10.9 Å². The highest BCUT2D eigenvalue weighted by Gasteiger charge is 2.21. The lowest BCUT2D eigenvalue weighted by Gasteiger charge is -2.18. The third-order valence-electron chi connectivity index (χ3n) is 7.47. The first-order valence-corrected chi connectivity index (χ1v) is 17.8. The van der Waals surface area contributed by atoms with Crippen LogP contribution in [0.5, 0.6) is 0 Å². The lowest BCUT2D eigenvalue weighted by Crippen LogP contribution is -2.25. The zero-order valence-electron chi connectivity index (χ0n) is 26.2. The number of hydrogen-bond acceptors (Lipinski definition) is 8. The molecule has 0 aromatic carbocycles. The maximum atomic E-state index is 11.2. The van der Waals surface area contributed by atoms with E-state index in [4.69, 9.17) is 29.7 Å². The minimum atomic E-state index is -4.31. The fourth-order valence-corrected chi connectivity index (χ4v) is 5.45. The largest absolute Gasteiger partial charge is 0.382 e. The van der Waals surface area contributed by atoms with Crippen molar-refractivity contribution >= 4 is 24.6 Å². The molecule has 0 aliphatic rings. The molecule has 0 spiro atoms. The van der Waals surface area contributed by atoms with E-state index in [0.29, 0.717) is 23.6 Å². The standard InChI is InChI=1S/C30H56N5O6P/c1-4-5-6-7-8-9-10-11-12-13-14-15-16-17-18-19-20-40-25(2)29-33-28(31)27-30(34-29)35(23-32-27)21-26(22-39-3)41-24-42(36,37)38/h23,25-26H,4-22,24H2,1-3H3,(H2,31,33,34)(H2,36,37,38)/t25?,26-/m0/s1. The second kappa shape index (κ2) is 21.1. The van der Waals surface area contributed by atoms with Crippen LogP contribution in [0, 0.1) is 0 Å². The summed E-state index contributed by atoms with van der Waals surface area (Å²) in [6, 6.07) is 0. The molecular formula is C30H56N5O6P. The van der Waals surface area contributed by atoms with E-state index in [9.17, 15) is 4.57 Å². The molecule has 1 unspecified atom stereocenters. The van der Waals surface area contributed by atoms with Gasteiger partial charge in [0.05, 0.1) is 25.6 Å². The Bertz CT molecular complexity index is 1030. The molecule has 242 valence electrons. The number of nitrogens with zero attached hydrogens (tertiary/aromatic N) is 4. The van der Waals surface area contributed by atoms with Gasteiger partial charge in [-0.1, -0.05) is 103 Å². The van der Waals surface area contributed by atoms with Gasteiger partial charge in [-0.3, -0.25) is 4.57 Å². The topological polar surface area (TPSA) is 155 Å². The molecule has 42 heavy (non-hydrogen) atoms. The van der Waals surface area contributed by atoms with Crippen LogP contribution in [0.4, 0.5) is 5.82 Å². The van der Waals surface area contributed by atoms with Crippen LogP contribution < -0.4 is 5.73 Å². The number of nitrogen functional groups attached to an aromatic ring is 1. The predicted molar refractivity (Wildman–Crippen MR) is 167 cm³/mol. The molecule has 0 aliphatic heterocycles. The van der Waals surface area contributed by atoms with Crippen molar-refractivity contribution in [1.29, 1.82) is 0 Å². The Morgan fingerprint density at radius 3 is 1.95 bits per heavy atom. The predicted octanol–water partition coefficient (Wildman–Crippen LogP) is 6.91. The molecule has 4 N–H and O–H groups in total. The third kappa shape index (κ3) is 15.2. The summed E-state index contributed by atoms with van der Waals surface area (Å²) in [5, 5.41) is 0. The van der Waals surface area contributed by atoms with Gasteiger partial charge in [0.15, 0.2) is 17.3 Å². The van der Waals surface area contributed by atoms with Crippen LogP contribution in [0.3, 0.4) is 0 Å². The van der Waals surface area contributed by atoms with Crippen LogP contribution in [0.25, 0.3) is 11.2 Å². The van der Waals surface area contributed by atoms with Gasteiger partial charge in [-0.2, -0.15) is 0 Å². The first kappa shape index (κ1) is 36.6. The minimum absolute atomic E-state index is 0.145. The van der Waals surface area contributed by atoms with E-state index in [2.05, 4.69) is 21.9 Å². The molecule has 0 fully saturated rings. The average molecular weight is 614 g/mol. The zero-order chi connectivity index (χ0) is 30.6. The summed E-state index contributed by atoms with van der Waals surface area (Å²) in [7, 11) is -2.81. The molecule has 2 rings (SSSR count). The maximum Gasteiger partial charge on any atom is 0.350 e. The molecule has 0 aliphatic carbocycles. The number of imidazole rings is 1. The Morgan fingerprint density at radius 2 is 1.43 bits per heavy atom. The van der Waals surface area contributed by atoms with Crippen molar-refractivity contribution in [3.8, 4) is 0 Å². The zero-order valence-corrected chi connectivity index (χ0v) is 27.1. The lowest BCUT2D eigenvalue weighted by molar-refractivity contribution is 0.00413. The molecular weight excluding hydrogens is 557 g/mol. The Kier molecular flexibility index (Phi) is 18.4. The fourth-order valence-electron chi connectivity index (χ4n) is 5.05. The summed E-state index contributed by atoms with van der Waals surface area (Å²) >= 11 is 0. The van der Waals surface area contributed by atoms with Gasteiger partial charge >= 0.3 is 7.60 Å². The highest BCUT2D eigenvalue weighted by Crippen LogP contribution is 2.34. The first-order chi connectivity index (χ1) is 20.2. The summed E-state index contributed by atoms with van der Waals surface area (Å²) < 4.78 is 29.5. The van der Waals surface area contributed by atoms with Crippen molar-refractivity contribution in [2.24, 2.45) is 0 Å². The number of anilines is 1. The number of fused-ring (bicyclic) bond motifs is 1. The van der Waals surface area contributed by atoms with E-state index in [-0.39, 0.29) is 25.1 Å². The molecule has 0 bridgehead atoms. The second-order valence-corrected chi connectivity index (χ2v) is 13.0. The van der Waals surface area contributed by atoms with Crippen molar-refractivity contribution in [2.45, 2.75) is 135 Å². The third-order valence-corrected chi connectivity index (χ3v) is 7.95. The quantitative estimate of drug-likeness (QED) is 0.0752. The molecule has 0 radical (unpaired) electrons. The Morgan fingerprint density at radius 1 is 0.881 bits per heavy atom. The number of nitrogens with two attached hydrogens (primary N) is 1. The van der Waals surface area contributed by atoms with Gasteiger partial charge in [0.2, 0.25) is 0 Å². The van der Waals surface area contributed by atoms with Gasteiger partial charge < -0.3 is 34.3 Å². The van der Waals surface area contributed by atoms with Crippen LogP contribution in [-0.4, -0.2) is 62.1 Å². The monoisotopic (exact) mass is 613 g/mol. The second-order valence-electron chi connectivity index (χ2n) is 11.4. The van der Waals surface area contributed by atoms with Gasteiger partial charge in [0.25, 0.3) is 0 Å². The van der Waals surface area contributed by atoms with Crippen molar-refractivity contribution in [2.75, 3.05) is 32.4 Å². The molecule has 2 aromatic heterocycles. The molecule has 0 saturated heterocycles. The van der Waals surface area contributed by atoms with Crippen LogP contribution in [0.1, 0.15) is 129 Å². The first-order valence-electron chi connectivity index (χ1n) is 16.0. The van der Waals surface area contributed by atoms with Crippen LogP contribution in [0.2, 0.25) is 0 Å². The number of ether oxygens (including phenoxy) is 3. The van der Waals surface area contributed by atoms with Gasteiger partial charge in [-0.25, -0.2) is 15.0 Å². The number of unbranched alkanes of at least 4 members (excludes halogenated alkanes) is 15. The van der Waals surface area contributed by atoms with E-state index in [0.717, 1.165) is 12.8 Å².